The normalized spacial score (nSPS) is 21.6. The number of ether oxygens (including phenoxy) is 1. The summed E-state index contributed by atoms with van der Waals surface area (Å²) in [5.41, 5.74) is 1.94. The van der Waals surface area contributed by atoms with E-state index in [1.54, 1.807) is 11.1 Å². The van der Waals surface area contributed by atoms with E-state index in [0.717, 1.165) is 17.7 Å². The minimum atomic E-state index is -4.20. The van der Waals surface area contributed by atoms with Gasteiger partial charge >= 0.3 is 0 Å². The van der Waals surface area contributed by atoms with Gasteiger partial charge in [0.2, 0.25) is 10.0 Å². The summed E-state index contributed by atoms with van der Waals surface area (Å²) in [6.07, 6.45) is 1.17. The van der Waals surface area contributed by atoms with E-state index in [9.17, 15) is 17.2 Å². The van der Waals surface area contributed by atoms with Gasteiger partial charge in [-0.3, -0.25) is 14.9 Å². The number of nitrogens with one attached hydrogen (secondary N) is 1. The van der Waals surface area contributed by atoms with Crippen LogP contribution in [0.4, 0.5) is 8.78 Å². The van der Waals surface area contributed by atoms with Gasteiger partial charge in [0.15, 0.2) is 6.17 Å². The number of methoxy groups -OCH3 is 1. The second-order valence-electron chi connectivity index (χ2n) is 6.39. The van der Waals surface area contributed by atoms with Crippen molar-refractivity contribution >= 4 is 28.0 Å². The predicted octanol–water partition coefficient (Wildman–Crippen LogP) is 0.0965. The molecule has 3 aliphatic rings. The lowest BCUT2D eigenvalue weighted by atomic mass is 10.0. The number of aliphatic imine (C=N–C) groups is 3. The van der Waals surface area contributed by atoms with Crippen LogP contribution in [-0.2, 0) is 21.3 Å². The number of nitrogens with two attached hydrogens (primary N) is 1. The summed E-state index contributed by atoms with van der Waals surface area (Å²) in [5.74, 6) is -1.97. The molecule has 148 valence electrons. The van der Waals surface area contributed by atoms with Crippen molar-refractivity contribution < 1.29 is 21.9 Å². The van der Waals surface area contributed by atoms with Crippen molar-refractivity contribution in [3.05, 3.63) is 40.6 Å². The third-order valence-electron chi connectivity index (χ3n) is 4.55. The van der Waals surface area contributed by atoms with Gasteiger partial charge < -0.3 is 10.1 Å². The smallest absolute Gasteiger partial charge is 0.291 e. The molecular weight excluding hydrogens is 394 g/mol. The maximum atomic E-state index is 14.3. The highest BCUT2D eigenvalue weighted by atomic mass is 32.2. The topological polar surface area (TPSA) is 122 Å². The SMILES string of the molecule is COC1=NC2N=CC3=NCN(Cc4c(F)cc(S(N)(=O)=O)cc4F)CC3=C2N1. The molecule has 0 fully saturated rings. The van der Waals surface area contributed by atoms with Crippen LogP contribution in [-0.4, -0.2) is 57.8 Å². The van der Waals surface area contributed by atoms with Crippen molar-refractivity contribution in [2.75, 3.05) is 20.3 Å². The Balaban J connectivity index is 1.60. The molecule has 0 bridgehead atoms. The number of hydrogen-bond acceptors (Lipinski definition) is 8. The molecule has 9 nitrogen and oxygen atoms in total. The fourth-order valence-corrected chi connectivity index (χ4v) is 3.70. The number of hydrogen-bond donors (Lipinski definition) is 2. The first-order valence-corrected chi connectivity index (χ1v) is 9.74. The average Bonchev–Trinajstić information content (AvgIpc) is 3.07. The molecule has 1 aromatic carbocycles. The van der Waals surface area contributed by atoms with Crippen LogP contribution in [0.25, 0.3) is 0 Å². The Labute approximate surface area is 159 Å². The zero-order chi connectivity index (χ0) is 20.1. The molecule has 0 aromatic heterocycles. The molecule has 0 aliphatic carbocycles. The Kier molecular flexibility index (Phi) is 4.48. The number of rotatable bonds is 3. The van der Waals surface area contributed by atoms with E-state index in [2.05, 4.69) is 20.3 Å². The zero-order valence-electron chi connectivity index (χ0n) is 14.7. The van der Waals surface area contributed by atoms with Crippen molar-refractivity contribution in [1.82, 2.24) is 10.2 Å². The van der Waals surface area contributed by atoms with Crippen LogP contribution in [0.1, 0.15) is 5.56 Å². The summed E-state index contributed by atoms with van der Waals surface area (Å²) in [7, 11) is -2.72. The number of sulfonamides is 1. The molecule has 28 heavy (non-hydrogen) atoms. The van der Waals surface area contributed by atoms with Crippen molar-refractivity contribution in [2.24, 2.45) is 20.1 Å². The lowest BCUT2D eigenvalue weighted by molar-refractivity contribution is 0.283. The van der Waals surface area contributed by atoms with Crippen molar-refractivity contribution in [2.45, 2.75) is 17.6 Å². The number of benzene rings is 1. The third-order valence-corrected chi connectivity index (χ3v) is 5.45. The lowest BCUT2D eigenvalue weighted by Crippen LogP contribution is -2.39. The highest BCUT2D eigenvalue weighted by Crippen LogP contribution is 2.26. The molecule has 3 aliphatic heterocycles. The van der Waals surface area contributed by atoms with E-state index in [0.29, 0.717) is 24.0 Å². The fraction of sp³-hybridized carbons (Fsp3) is 0.312. The van der Waals surface area contributed by atoms with Crippen molar-refractivity contribution in [3.8, 4) is 0 Å². The van der Waals surface area contributed by atoms with Gasteiger partial charge in [-0.25, -0.2) is 27.3 Å². The van der Waals surface area contributed by atoms with Crippen LogP contribution in [0.5, 0.6) is 0 Å². The Morgan fingerprint density at radius 1 is 1.36 bits per heavy atom. The Morgan fingerprint density at radius 3 is 2.71 bits per heavy atom. The molecule has 12 heteroatoms. The van der Waals surface area contributed by atoms with E-state index in [1.807, 2.05) is 0 Å². The number of halogens is 2. The minimum Gasteiger partial charge on any atom is -0.468 e. The fourth-order valence-electron chi connectivity index (χ4n) is 3.16. The summed E-state index contributed by atoms with van der Waals surface area (Å²) in [6.45, 7) is 0.457. The van der Waals surface area contributed by atoms with Gasteiger partial charge in [-0.2, -0.15) is 0 Å². The largest absolute Gasteiger partial charge is 0.468 e. The second-order valence-corrected chi connectivity index (χ2v) is 7.95. The molecule has 1 aromatic rings. The molecule has 0 spiro atoms. The highest BCUT2D eigenvalue weighted by molar-refractivity contribution is 7.89. The Bertz CT molecular complexity index is 1060. The summed E-state index contributed by atoms with van der Waals surface area (Å²) >= 11 is 0. The first kappa shape index (κ1) is 18.7. The van der Waals surface area contributed by atoms with Crippen LogP contribution in [0.15, 0.2) is 43.3 Å². The van der Waals surface area contributed by atoms with E-state index >= 15 is 0 Å². The van der Waals surface area contributed by atoms with Crippen LogP contribution in [0.2, 0.25) is 0 Å². The minimum absolute atomic E-state index is 0.101. The summed E-state index contributed by atoms with van der Waals surface area (Å²) in [5, 5.41) is 7.97. The predicted molar refractivity (Wildman–Crippen MR) is 97.3 cm³/mol. The van der Waals surface area contributed by atoms with E-state index < -0.39 is 32.7 Å². The van der Waals surface area contributed by atoms with Gasteiger partial charge in [0.05, 0.1) is 36.3 Å². The van der Waals surface area contributed by atoms with Gasteiger partial charge in [-0.1, -0.05) is 0 Å². The summed E-state index contributed by atoms with van der Waals surface area (Å²) in [6, 6.07) is 1.77. The standard InChI is InChI=1S/C16H16F2N6O3S/c1-27-16-22-14-10-6-24(7-21-13(10)4-20-15(14)23-16)5-9-11(17)2-8(3-12(9)18)28(19,25)26/h2-4,15H,5-7H2,1H3,(H,22,23)(H2,19,25,26). The van der Waals surface area contributed by atoms with E-state index in [-0.39, 0.29) is 18.8 Å². The lowest BCUT2D eigenvalue weighted by Gasteiger charge is -2.30. The Hall–Kier alpha value is -2.70. The van der Waals surface area contributed by atoms with E-state index in [1.165, 1.54) is 7.11 Å². The summed E-state index contributed by atoms with van der Waals surface area (Å²) < 4.78 is 56.4. The number of fused-ring (bicyclic) bond motifs is 2. The van der Waals surface area contributed by atoms with Gasteiger partial charge in [0.25, 0.3) is 6.02 Å². The van der Waals surface area contributed by atoms with Crippen LogP contribution >= 0.6 is 0 Å². The van der Waals surface area contributed by atoms with Gasteiger partial charge in [0, 0.05) is 24.2 Å². The molecule has 3 N–H and O–H groups in total. The molecule has 3 heterocycles. The maximum Gasteiger partial charge on any atom is 0.291 e. The van der Waals surface area contributed by atoms with Crippen LogP contribution in [0.3, 0.4) is 0 Å². The number of nitrogens with zero attached hydrogens (tertiary/aromatic N) is 4. The third kappa shape index (κ3) is 3.30. The number of amidine groups is 1. The molecule has 1 unspecified atom stereocenters. The molecule has 0 saturated heterocycles. The van der Waals surface area contributed by atoms with E-state index in [4.69, 9.17) is 9.88 Å². The molecule has 0 saturated carbocycles. The van der Waals surface area contributed by atoms with Crippen LogP contribution in [0, 0.1) is 11.6 Å². The van der Waals surface area contributed by atoms with Crippen molar-refractivity contribution in [1.29, 1.82) is 0 Å². The molecule has 0 radical (unpaired) electrons. The van der Waals surface area contributed by atoms with Crippen molar-refractivity contribution in [3.63, 3.8) is 0 Å². The average molecular weight is 410 g/mol. The molecule has 4 rings (SSSR count). The maximum absolute atomic E-state index is 14.3. The quantitative estimate of drug-likeness (QED) is 0.732. The second kappa shape index (κ2) is 6.72. The van der Waals surface area contributed by atoms with Crippen LogP contribution < -0.4 is 10.5 Å². The van der Waals surface area contributed by atoms with Gasteiger partial charge in [-0.05, 0) is 12.1 Å². The monoisotopic (exact) mass is 410 g/mol. The highest BCUT2D eigenvalue weighted by Gasteiger charge is 2.33. The number of primary sulfonamides is 1. The molecule has 1 atom stereocenters. The molecular formula is C16H16F2N6O3S. The Morgan fingerprint density at radius 2 is 2.07 bits per heavy atom. The first-order chi connectivity index (χ1) is 13.3. The number of dihydropyridines is 1. The first-order valence-electron chi connectivity index (χ1n) is 8.19. The summed E-state index contributed by atoms with van der Waals surface area (Å²) in [4.78, 5) is 14.1. The molecule has 0 amide bonds. The van der Waals surface area contributed by atoms with Gasteiger partial charge in [-0.15, -0.1) is 0 Å². The van der Waals surface area contributed by atoms with Gasteiger partial charge in [0.1, 0.15) is 11.6 Å². The zero-order valence-corrected chi connectivity index (χ0v) is 15.5.